The first-order valence-corrected chi connectivity index (χ1v) is 7.59. The van der Waals surface area contributed by atoms with Gasteiger partial charge in [0.25, 0.3) is 5.69 Å². The standard InChI is InChI=1S/C17H17N5O2/c1-3-21-15-7-5-4-6-14(15)19-17(21)20-18-11-13-9-8-12(2)16(10-13)22(23)24/h4-11H,3H2,1-2H3,(H,19,20)/b18-11-. The molecule has 0 saturated heterocycles. The molecule has 0 spiro atoms. The number of hydrazone groups is 1. The van der Waals surface area contributed by atoms with Gasteiger partial charge in [0, 0.05) is 23.7 Å². The van der Waals surface area contributed by atoms with Gasteiger partial charge in [-0.25, -0.2) is 10.4 Å². The lowest BCUT2D eigenvalue weighted by Crippen LogP contribution is -2.02. The van der Waals surface area contributed by atoms with Gasteiger partial charge in [0.2, 0.25) is 5.95 Å². The summed E-state index contributed by atoms with van der Waals surface area (Å²) in [5.74, 6) is 0.636. The Morgan fingerprint density at radius 3 is 2.88 bits per heavy atom. The quantitative estimate of drug-likeness (QED) is 0.440. The van der Waals surface area contributed by atoms with Crippen LogP contribution in [0.4, 0.5) is 11.6 Å². The molecular formula is C17H17N5O2. The highest BCUT2D eigenvalue weighted by Gasteiger charge is 2.10. The second kappa shape index (κ2) is 6.49. The van der Waals surface area contributed by atoms with Crippen LogP contribution in [0.25, 0.3) is 11.0 Å². The topological polar surface area (TPSA) is 85.3 Å². The number of rotatable bonds is 5. The van der Waals surface area contributed by atoms with Crippen molar-refractivity contribution in [3.05, 3.63) is 63.7 Å². The molecule has 3 aromatic rings. The van der Waals surface area contributed by atoms with E-state index in [1.54, 1.807) is 25.3 Å². The zero-order chi connectivity index (χ0) is 17.1. The first-order chi connectivity index (χ1) is 11.6. The van der Waals surface area contributed by atoms with Crippen molar-refractivity contribution in [2.75, 3.05) is 5.43 Å². The fourth-order valence-electron chi connectivity index (χ4n) is 2.55. The number of imidazole rings is 1. The molecule has 0 unspecified atom stereocenters. The third-order valence-corrected chi connectivity index (χ3v) is 3.78. The average Bonchev–Trinajstić information content (AvgIpc) is 2.93. The maximum Gasteiger partial charge on any atom is 0.272 e. The Hall–Kier alpha value is -3.22. The third kappa shape index (κ3) is 2.96. The van der Waals surface area contributed by atoms with E-state index < -0.39 is 4.92 Å². The van der Waals surface area contributed by atoms with Crippen molar-refractivity contribution in [2.45, 2.75) is 20.4 Å². The summed E-state index contributed by atoms with van der Waals surface area (Å²) < 4.78 is 2.02. The van der Waals surface area contributed by atoms with Crippen LogP contribution in [-0.4, -0.2) is 20.7 Å². The van der Waals surface area contributed by atoms with Crippen molar-refractivity contribution in [3.63, 3.8) is 0 Å². The van der Waals surface area contributed by atoms with Crippen molar-refractivity contribution in [3.8, 4) is 0 Å². The fourth-order valence-corrected chi connectivity index (χ4v) is 2.55. The first kappa shape index (κ1) is 15.7. The minimum atomic E-state index is -0.392. The van der Waals surface area contributed by atoms with Crippen LogP contribution >= 0.6 is 0 Å². The van der Waals surface area contributed by atoms with Gasteiger partial charge in [-0.15, -0.1) is 0 Å². The number of fused-ring (bicyclic) bond motifs is 1. The molecule has 3 rings (SSSR count). The van der Waals surface area contributed by atoms with Gasteiger partial charge in [0.15, 0.2) is 0 Å². The lowest BCUT2D eigenvalue weighted by molar-refractivity contribution is -0.385. The van der Waals surface area contributed by atoms with Crippen molar-refractivity contribution in [2.24, 2.45) is 5.10 Å². The smallest absolute Gasteiger partial charge is 0.272 e. The number of nitro groups is 1. The summed E-state index contributed by atoms with van der Waals surface area (Å²) >= 11 is 0. The number of benzene rings is 2. The van der Waals surface area contributed by atoms with Gasteiger partial charge in [-0.2, -0.15) is 5.10 Å². The average molecular weight is 323 g/mol. The number of hydrogen-bond acceptors (Lipinski definition) is 5. The number of nitro benzene ring substituents is 1. The van der Waals surface area contributed by atoms with E-state index >= 15 is 0 Å². The molecule has 2 aromatic carbocycles. The molecule has 7 nitrogen and oxygen atoms in total. The van der Waals surface area contributed by atoms with Crippen molar-refractivity contribution in [1.82, 2.24) is 9.55 Å². The van der Waals surface area contributed by atoms with E-state index in [1.165, 1.54) is 6.07 Å². The number of hydrogen-bond donors (Lipinski definition) is 1. The van der Waals surface area contributed by atoms with Gasteiger partial charge in [-0.1, -0.05) is 24.3 Å². The van der Waals surface area contributed by atoms with Gasteiger partial charge in [0.1, 0.15) is 0 Å². The monoisotopic (exact) mass is 323 g/mol. The summed E-state index contributed by atoms with van der Waals surface area (Å²) in [5, 5.41) is 15.1. The van der Waals surface area contributed by atoms with Crippen LogP contribution in [-0.2, 0) is 6.54 Å². The summed E-state index contributed by atoms with van der Waals surface area (Å²) in [7, 11) is 0. The molecule has 24 heavy (non-hydrogen) atoms. The summed E-state index contributed by atoms with van der Waals surface area (Å²) in [5.41, 5.74) is 6.20. The molecule has 0 aliphatic rings. The van der Waals surface area contributed by atoms with Crippen LogP contribution in [0.1, 0.15) is 18.1 Å². The van der Waals surface area contributed by atoms with E-state index in [4.69, 9.17) is 0 Å². The van der Waals surface area contributed by atoms with Crippen LogP contribution in [0, 0.1) is 17.0 Å². The number of nitrogens with one attached hydrogen (secondary N) is 1. The van der Waals surface area contributed by atoms with E-state index in [1.807, 2.05) is 35.8 Å². The SMILES string of the molecule is CCn1c(N/N=C\c2ccc(C)c([N+](=O)[O-])c2)nc2ccccc21. The predicted molar refractivity (Wildman–Crippen MR) is 94.5 cm³/mol. The molecule has 1 heterocycles. The van der Waals surface area contributed by atoms with Crippen molar-refractivity contribution in [1.29, 1.82) is 0 Å². The van der Waals surface area contributed by atoms with Gasteiger partial charge in [-0.3, -0.25) is 10.1 Å². The summed E-state index contributed by atoms with van der Waals surface area (Å²) in [6.07, 6.45) is 1.55. The molecule has 0 aliphatic heterocycles. The maximum absolute atomic E-state index is 11.0. The molecule has 1 aromatic heterocycles. The van der Waals surface area contributed by atoms with E-state index in [0.717, 1.165) is 17.6 Å². The Balaban J connectivity index is 1.84. The highest BCUT2D eigenvalue weighted by atomic mass is 16.6. The van der Waals surface area contributed by atoms with Crippen LogP contribution in [0.2, 0.25) is 0 Å². The number of anilines is 1. The fraction of sp³-hybridized carbons (Fsp3) is 0.176. The molecule has 0 radical (unpaired) electrons. The normalized spacial score (nSPS) is 11.2. The van der Waals surface area contributed by atoms with E-state index in [-0.39, 0.29) is 5.69 Å². The number of para-hydroxylation sites is 2. The Morgan fingerprint density at radius 1 is 1.33 bits per heavy atom. The van der Waals surface area contributed by atoms with Gasteiger partial charge in [-0.05, 0) is 26.0 Å². The predicted octanol–water partition coefficient (Wildman–Crippen LogP) is 3.72. The van der Waals surface area contributed by atoms with Crippen molar-refractivity contribution >= 4 is 28.9 Å². The molecule has 1 N–H and O–H groups in total. The highest BCUT2D eigenvalue weighted by molar-refractivity contribution is 5.82. The van der Waals surface area contributed by atoms with Gasteiger partial charge in [0.05, 0.1) is 22.2 Å². The van der Waals surface area contributed by atoms with Crippen LogP contribution in [0.5, 0.6) is 0 Å². The Kier molecular flexibility index (Phi) is 4.24. The van der Waals surface area contributed by atoms with E-state index in [2.05, 4.69) is 15.5 Å². The molecule has 0 bridgehead atoms. The highest BCUT2D eigenvalue weighted by Crippen LogP contribution is 2.20. The third-order valence-electron chi connectivity index (χ3n) is 3.78. The molecule has 0 atom stereocenters. The first-order valence-electron chi connectivity index (χ1n) is 7.59. The molecule has 122 valence electrons. The van der Waals surface area contributed by atoms with E-state index in [0.29, 0.717) is 17.1 Å². The lowest BCUT2D eigenvalue weighted by atomic mass is 10.1. The zero-order valence-electron chi connectivity index (χ0n) is 13.4. The Bertz CT molecular complexity index is 930. The molecule has 0 saturated carbocycles. The minimum absolute atomic E-state index is 0.0831. The van der Waals surface area contributed by atoms with E-state index in [9.17, 15) is 10.1 Å². The number of aromatic nitrogens is 2. The van der Waals surface area contributed by atoms with Crippen LogP contribution in [0.3, 0.4) is 0 Å². The molecule has 0 fully saturated rings. The summed E-state index contributed by atoms with van der Waals surface area (Å²) in [4.78, 5) is 15.1. The molecule has 7 heteroatoms. The second-order valence-corrected chi connectivity index (χ2v) is 5.34. The largest absolute Gasteiger partial charge is 0.309 e. The van der Waals surface area contributed by atoms with Gasteiger partial charge < -0.3 is 4.57 Å². The summed E-state index contributed by atoms with van der Waals surface area (Å²) in [6.45, 7) is 4.50. The molecule has 0 amide bonds. The van der Waals surface area contributed by atoms with Crippen molar-refractivity contribution < 1.29 is 4.92 Å². The summed E-state index contributed by atoms with van der Waals surface area (Å²) in [6, 6.07) is 12.9. The van der Waals surface area contributed by atoms with Crippen LogP contribution in [0.15, 0.2) is 47.6 Å². The minimum Gasteiger partial charge on any atom is -0.309 e. The zero-order valence-corrected chi connectivity index (χ0v) is 13.4. The Labute approximate surface area is 138 Å². The number of nitrogens with zero attached hydrogens (tertiary/aromatic N) is 4. The molecular weight excluding hydrogens is 306 g/mol. The number of aryl methyl sites for hydroxylation is 2. The van der Waals surface area contributed by atoms with Crippen LogP contribution < -0.4 is 5.43 Å². The Morgan fingerprint density at radius 2 is 2.12 bits per heavy atom. The lowest BCUT2D eigenvalue weighted by Gasteiger charge is -2.04. The van der Waals surface area contributed by atoms with Gasteiger partial charge >= 0.3 is 0 Å². The second-order valence-electron chi connectivity index (χ2n) is 5.34. The molecule has 0 aliphatic carbocycles. The maximum atomic E-state index is 11.0.